The van der Waals surface area contributed by atoms with E-state index in [0.29, 0.717) is 0 Å². The molecule has 0 aliphatic carbocycles. The molecule has 5 heteroatoms. The van der Waals surface area contributed by atoms with Crippen LogP contribution in [0.2, 0.25) is 0 Å². The number of nitrogens with one attached hydrogen (secondary N) is 3. The molecule has 0 radical (unpaired) electrons. The van der Waals surface area contributed by atoms with Gasteiger partial charge in [0.05, 0.1) is 11.3 Å². The highest BCUT2D eigenvalue weighted by atomic mass is 32.1. The van der Waals surface area contributed by atoms with E-state index in [1.807, 2.05) is 32.5 Å². The molecule has 0 aromatic carbocycles. The number of hydrogen-bond donors (Lipinski definition) is 3. The van der Waals surface area contributed by atoms with E-state index in [1.54, 1.807) is 0 Å². The number of anilines is 2. The minimum Gasteiger partial charge on any atom is -0.385 e. The first-order valence-electron chi connectivity index (χ1n) is 5.05. The fourth-order valence-electron chi connectivity index (χ4n) is 1.87. The van der Waals surface area contributed by atoms with Crippen LogP contribution in [0.3, 0.4) is 0 Å². The molecule has 0 unspecified atom stereocenters. The number of thiophene rings is 1. The molecule has 3 N–H and O–H groups in total. The summed E-state index contributed by atoms with van der Waals surface area (Å²) in [5, 5.41) is 10.8. The lowest BCUT2D eigenvalue weighted by Gasteiger charge is -2.14. The van der Waals surface area contributed by atoms with Crippen LogP contribution in [0, 0.1) is 0 Å². The zero-order chi connectivity index (χ0) is 10.8. The Morgan fingerprint density at radius 2 is 1.93 bits per heavy atom. The number of amidine groups is 1. The second kappa shape index (κ2) is 4.10. The zero-order valence-electron chi connectivity index (χ0n) is 9.27. The Balaban J connectivity index is 2.55. The van der Waals surface area contributed by atoms with Crippen molar-refractivity contribution in [3.8, 4) is 0 Å². The van der Waals surface area contributed by atoms with Crippen molar-refractivity contribution in [2.75, 3.05) is 38.3 Å². The van der Waals surface area contributed by atoms with Gasteiger partial charge in [0.1, 0.15) is 10.8 Å². The summed E-state index contributed by atoms with van der Waals surface area (Å²) in [5.74, 6) is 0.998. The van der Waals surface area contributed by atoms with E-state index < -0.39 is 0 Å². The number of rotatable bonds is 2. The van der Waals surface area contributed by atoms with Gasteiger partial charge < -0.3 is 16.0 Å². The third kappa shape index (κ3) is 1.56. The van der Waals surface area contributed by atoms with Gasteiger partial charge in [0.2, 0.25) is 0 Å². The normalized spacial score (nSPS) is 14.2. The molecule has 1 aliphatic heterocycles. The first kappa shape index (κ1) is 10.3. The molecule has 82 valence electrons. The van der Waals surface area contributed by atoms with Crippen molar-refractivity contribution in [3.05, 3.63) is 10.4 Å². The largest absolute Gasteiger partial charge is 0.385 e. The number of nitrogens with zero attached hydrogens (tertiary/aromatic N) is 1. The van der Waals surface area contributed by atoms with Crippen molar-refractivity contribution >= 4 is 27.9 Å². The monoisotopic (exact) mass is 224 g/mol. The maximum Gasteiger partial charge on any atom is 0.131 e. The number of hydrogen-bond acceptors (Lipinski definition) is 5. The molecule has 0 bridgehead atoms. The summed E-state index contributed by atoms with van der Waals surface area (Å²) in [5.41, 5.74) is 2.39. The number of fused-ring (bicyclic) bond motifs is 1. The summed E-state index contributed by atoms with van der Waals surface area (Å²) in [4.78, 5) is 5.90. The van der Waals surface area contributed by atoms with Gasteiger partial charge in [-0.3, -0.25) is 4.99 Å². The summed E-state index contributed by atoms with van der Waals surface area (Å²) in [6.45, 7) is 0.885. The average Bonchev–Trinajstić information content (AvgIpc) is 2.66. The summed E-state index contributed by atoms with van der Waals surface area (Å²) < 4.78 is 0. The Morgan fingerprint density at radius 3 is 2.53 bits per heavy atom. The summed E-state index contributed by atoms with van der Waals surface area (Å²) in [6.07, 6.45) is 1.04. The Labute approximate surface area is 93.8 Å². The molecule has 0 saturated carbocycles. The Morgan fingerprint density at radius 1 is 1.13 bits per heavy atom. The summed E-state index contributed by atoms with van der Waals surface area (Å²) in [6, 6.07) is 0. The van der Waals surface area contributed by atoms with E-state index in [9.17, 15) is 0 Å². The minimum absolute atomic E-state index is 0.885. The highest BCUT2D eigenvalue weighted by Crippen LogP contribution is 2.39. The predicted octanol–water partition coefficient (Wildman–Crippen LogP) is 1.35. The Bertz CT molecular complexity index is 394. The van der Waals surface area contributed by atoms with Gasteiger partial charge in [-0.15, -0.1) is 11.3 Å². The molecule has 0 fully saturated rings. The van der Waals surface area contributed by atoms with Crippen LogP contribution in [0.25, 0.3) is 0 Å². The lowest BCUT2D eigenvalue weighted by Crippen LogP contribution is -2.24. The van der Waals surface area contributed by atoms with Crippen LogP contribution < -0.4 is 16.0 Å². The molecule has 0 amide bonds. The molecule has 0 spiro atoms. The van der Waals surface area contributed by atoms with Crippen molar-refractivity contribution in [3.63, 3.8) is 0 Å². The van der Waals surface area contributed by atoms with Crippen molar-refractivity contribution in [2.24, 2.45) is 4.99 Å². The van der Waals surface area contributed by atoms with Crippen LogP contribution in [0.5, 0.6) is 0 Å². The van der Waals surface area contributed by atoms with Gasteiger partial charge in [-0.1, -0.05) is 0 Å². The molecule has 15 heavy (non-hydrogen) atoms. The molecule has 2 heterocycles. The molecule has 2 rings (SSSR count). The molecular weight excluding hydrogens is 208 g/mol. The predicted molar refractivity (Wildman–Crippen MR) is 67.6 cm³/mol. The lowest BCUT2D eigenvalue weighted by atomic mass is 10.1. The molecule has 4 nitrogen and oxygen atoms in total. The third-order valence-corrected chi connectivity index (χ3v) is 3.81. The third-order valence-electron chi connectivity index (χ3n) is 2.54. The molecule has 0 saturated heterocycles. The maximum atomic E-state index is 4.49. The average molecular weight is 224 g/mol. The van der Waals surface area contributed by atoms with Crippen molar-refractivity contribution in [1.29, 1.82) is 0 Å². The SMILES string of the molecule is CNC1=NCCc2sc(NC)c(NC)c21. The number of aliphatic imine (C=N–C) groups is 1. The first-order chi connectivity index (χ1) is 7.31. The van der Waals surface area contributed by atoms with Gasteiger partial charge in [-0.05, 0) is 0 Å². The lowest BCUT2D eigenvalue weighted by molar-refractivity contribution is 0.939. The Kier molecular flexibility index (Phi) is 2.81. The van der Waals surface area contributed by atoms with E-state index in [4.69, 9.17) is 0 Å². The molecule has 1 aromatic heterocycles. The van der Waals surface area contributed by atoms with Crippen LogP contribution in [0.1, 0.15) is 10.4 Å². The van der Waals surface area contributed by atoms with E-state index >= 15 is 0 Å². The molecule has 1 aliphatic rings. The fraction of sp³-hybridized carbons (Fsp3) is 0.500. The van der Waals surface area contributed by atoms with Gasteiger partial charge in [0, 0.05) is 39.0 Å². The van der Waals surface area contributed by atoms with Crippen LogP contribution in [0.4, 0.5) is 10.7 Å². The highest BCUT2D eigenvalue weighted by molar-refractivity contribution is 7.17. The second-order valence-electron chi connectivity index (χ2n) is 3.33. The van der Waals surface area contributed by atoms with E-state index in [0.717, 1.165) is 24.5 Å². The molecule has 0 atom stereocenters. The molecule has 1 aromatic rings. The van der Waals surface area contributed by atoms with Crippen LogP contribution in [-0.2, 0) is 6.42 Å². The van der Waals surface area contributed by atoms with Gasteiger partial charge in [-0.25, -0.2) is 0 Å². The van der Waals surface area contributed by atoms with Crippen LogP contribution >= 0.6 is 11.3 Å². The summed E-state index contributed by atoms with van der Waals surface area (Å²) in [7, 11) is 5.82. The smallest absolute Gasteiger partial charge is 0.131 e. The van der Waals surface area contributed by atoms with Gasteiger partial charge in [-0.2, -0.15) is 0 Å². The van der Waals surface area contributed by atoms with Gasteiger partial charge >= 0.3 is 0 Å². The van der Waals surface area contributed by atoms with Gasteiger partial charge in [0.15, 0.2) is 0 Å². The first-order valence-corrected chi connectivity index (χ1v) is 5.87. The second-order valence-corrected chi connectivity index (χ2v) is 4.44. The molecular formula is C10H16N4S. The minimum atomic E-state index is 0.885. The van der Waals surface area contributed by atoms with Gasteiger partial charge in [0.25, 0.3) is 0 Å². The zero-order valence-corrected chi connectivity index (χ0v) is 10.1. The summed E-state index contributed by atoms with van der Waals surface area (Å²) >= 11 is 1.81. The van der Waals surface area contributed by atoms with E-state index in [1.165, 1.54) is 15.4 Å². The van der Waals surface area contributed by atoms with E-state index in [-0.39, 0.29) is 0 Å². The highest BCUT2D eigenvalue weighted by Gasteiger charge is 2.22. The quantitative estimate of drug-likeness (QED) is 0.711. The van der Waals surface area contributed by atoms with Crippen molar-refractivity contribution < 1.29 is 0 Å². The Hall–Kier alpha value is -1.23. The van der Waals surface area contributed by atoms with Crippen molar-refractivity contribution in [2.45, 2.75) is 6.42 Å². The topological polar surface area (TPSA) is 48.5 Å². The van der Waals surface area contributed by atoms with Crippen LogP contribution in [-0.4, -0.2) is 33.5 Å². The van der Waals surface area contributed by atoms with Crippen LogP contribution in [0.15, 0.2) is 4.99 Å². The van der Waals surface area contributed by atoms with Crippen molar-refractivity contribution in [1.82, 2.24) is 5.32 Å². The standard InChI is InChI=1S/C10H16N4S/c1-11-8-7-6(15-10(8)13-3)4-5-14-9(7)12-2/h11,13H,4-5H2,1-3H3,(H,12,14). The maximum absolute atomic E-state index is 4.49. The van der Waals surface area contributed by atoms with E-state index in [2.05, 4.69) is 20.9 Å². The fourth-order valence-corrected chi connectivity index (χ4v) is 3.02.